The molecule has 0 saturated heterocycles. The second kappa shape index (κ2) is 33.4. The third kappa shape index (κ3) is 32.4. The van der Waals surface area contributed by atoms with Gasteiger partial charge in [0.1, 0.15) is 0 Å². The van der Waals surface area contributed by atoms with Gasteiger partial charge in [0.2, 0.25) is 0 Å². The van der Waals surface area contributed by atoms with E-state index < -0.39 is 8.38 Å². The average molecular weight is 529 g/mol. The Bertz CT molecular complexity index is 343. The van der Waals surface area contributed by atoms with Gasteiger partial charge in [-0.25, -0.2) is 0 Å². The molecule has 0 bridgehead atoms. The average Bonchev–Trinajstić information content (AvgIpc) is 2.88. The van der Waals surface area contributed by atoms with Crippen LogP contribution in [0.5, 0.6) is 0 Å². The van der Waals surface area contributed by atoms with Crippen molar-refractivity contribution in [1.29, 1.82) is 0 Å². The molecule has 0 aliphatic heterocycles. The summed E-state index contributed by atoms with van der Waals surface area (Å²) in [5.41, 5.74) is 0. The molecule has 0 heterocycles. The summed E-state index contributed by atoms with van der Waals surface area (Å²) in [5, 5.41) is 0. The van der Waals surface area contributed by atoms with Crippen molar-refractivity contribution >= 4 is 8.38 Å². The Hall–Kier alpha value is 0.350. The Morgan fingerprint density at radius 2 is 0.500 bits per heavy atom. The van der Waals surface area contributed by atoms with Crippen LogP contribution in [-0.2, 0) is 9.05 Å². The molecule has 0 aromatic rings. The summed E-state index contributed by atoms with van der Waals surface area (Å²) in [6, 6.07) is 0. The summed E-state index contributed by atoms with van der Waals surface area (Å²) in [6.07, 6.45) is 39.4. The highest BCUT2D eigenvalue weighted by Crippen LogP contribution is 2.34. The number of unbranched alkanes of at least 4 members (excludes halogenated alkanes) is 26. The molecule has 0 fully saturated rings. The fourth-order valence-corrected chi connectivity index (χ4v) is 5.86. The predicted molar refractivity (Wildman–Crippen MR) is 165 cm³/mol. The molecule has 0 aliphatic rings. The van der Waals surface area contributed by atoms with Crippen LogP contribution in [-0.4, -0.2) is 19.9 Å². The molecule has 3 heteroatoms. The molecule has 0 atom stereocenters. The Balaban J connectivity index is 3.13. The van der Waals surface area contributed by atoms with Gasteiger partial charge in [-0.3, -0.25) is 0 Å². The number of rotatable bonds is 32. The minimum absolute atomic E-state index is 0.664. The minimum Gasteiger partial charge on any atom is -0.334 e. The number of hydrogen-bond acceptors (Lipinski definition) is 2. The van der Waals surface area contributed by atoms with Gasteiger partial charge in [-0.2, -0.15) is 0 Å². The fraction of sp³-hybridized carbons (Fsp3) is 1.00. The Kier molecular flexibility index (Phi) is 33.7. The van der Waals surface area contributed by atoms with E-state index in [9.17, 15) is 0 Å². The molecule has 0 saturated carbocycles. The van der Waals surface area contributed by atoms with Crippen LogP contribution < -0.4 is 0 Å². The molecule has 0 unspecified atom stereocenters. The zero-order valence-electron chi connectivity index (χ0n) is 25.5. The predicted octanol–water partition coefficient (Wildman–Crippen LogP) is 12.9. The zero-order chi connectivity index (χ0) is 26.2. The summed E-state index contributed by atoms with van der Waals surface area (Å²) in [6.45, 7) is 8.50. The summed E-state index contributed by atoms with van der Waals surface area (Å²) in [5.74, 6) is 0. The number of hydrogen-bond donors (Lipinski definition) is 0. The molecule has 36 heavy (non-hydrogen) atoms. The van der Waals surface area contributed by atoms with Gasteiger partial charge in [0.25, 0.3) is 0 Å². The lowest BCUT2D eigenvalue weighted by Gasteiger charge is -2.13. The lowest BCUT2D eigenvalue weighted by Crippen LogP contribution is -1.95. The van der Waals surface area contributed by atoms with Crippen molar-refractivity contribution in [2.75, 3.05) is 19.9 Å². The summed E-state index contributed by atoms with van der Waals surface area (Å²) >= 11 is 0. The lowest BCUT2D eigenvalue weighted by molar-refractivity contribution is 0.243. The lowest BCUT2D eigenvalue weighted by atomic mass is 10.0. The summed E-state index contributed by atoms with van der Waals surface area (Å²) < 4.78 is 11.8. The van der Waals surface area contributed by atoms with Crippen LogP contribution in [0.4, 0.5) is 0 Å². The SMILES string of the molecule is CCCCCCCCCCCCCCCCOP(C)OCCCCCCCCCCCCCCCC. The van der Waals surface area contributed by atoms with E-state index in [1.165, 1.54) is 180 Å². The minimum atomic E-state index is -0.664. The highest BCUT2D eigenvalue weighted by atomic mass is 31.2. The molecule has 0 aromatic heterocycles. The van der Waals surface area contributed by atoms with Crippen molar-refractivity contribution in [3.63, 3.8) is 0 Å². The fourth-order valence-electron chi connectivity index (χ4n) is 5.02. The molecule has 0 spiro atoms. The standard InChI is InChI=1S/C33H69O2P/c1-4-6-8-10-12-14-16-18-20-22-24-26-28-30-32-34-36(3)35-33-31-29-27-25-23-21-19-17-15-13-11-9-7-5-2/h4-33H2,1-3H3. The van der Waals surface area contributed by atoms with E-state index in [2.05, 4.69) is 20.5 Å². The van der Waals surface area contributed by atoms with Gasteiger partial charge in [-0.15, -0.1) is 0 Å². The first kappa shape index (κ1) is 36.4. The quantitative estimate of drug-likeness (QED) is 0.0638. The largest absolute Gasteiger partial charge is 0.334 e. The van der Waals surface area contributed by atoms with E-state index in [1.807, 2.05) is 0 Å². The molecule has 0 aliphatic carbocycles. The Morgan fingerprint density at radius 1 is 0.306 bits per heavy atom. The molecule has 0 amide bonds. The highest BCUT2D eigenvalue weighted by molar-refractivity contribution is 7.46. The van der Waals surface area contributed by atoms with Crippen molar-refractivity contribution in [1.82, 2.24) is 0 Å². The van der Waals surface area contributed by atoms with E-state index >= 15 is 0 Å². The van der Waals surface area contributed by atoms with Gasteiger partial charge in [0, 0.05) is 6.66 Å². The molecule has 2 nitrogen and oxygen atoms in total. The molecule has 218 valence electrons. The summed E-state index contributed by atoms with van der Waals surface area (Å²) in [7, 11) is -0.664. The maximum atomic E-state index is 5.91. The van der Waals surface area contributed by atoms with Crippen LogP contribution in [0.1, 0.15) is 194 Å². The van der Waals surface area contributed by atoms with Crippen molar-refractivity contribution in [2.24, 2.45) is 0 Å². The van der Waals surface area contributed by atoms with Crippen LogP contribution in [0.15, 0.2) is 0 Å². The van der Waals surface area contributed by atoms with Crippen molar-refractivity contribution in [3.8, 4) is 0 Å². The van der Waals surface area contributed by atoms with Gasteiger partial charge in [-0.05, 0) is 12.8 Å². The molecular formula is C33H69O2P. The summed E-state index contributed by atoms with van der Waals surface area (Å²) in [4.78, 5) is 0. The highest BCUT2D eigenvalue weighted by Gasteiger charge is 2.03. The smallest absolute Gasteiger partial charge is 0.167 e. The monoisotopic (exact) mass is 529 g/mol. The van der Waals surface area contributed by atoms with Crippen LogP contribution >= 0.6 is 8.38 Å². The van der Waals surface area contributed by atoms with E-state index in [4.69, 9.17) is 9.05 Å². The van der Waals surface area contributed by atoms with Crippen LogP contribution in [0.3, 0.4) is 0 Å². The first-order valence-corrected chi connectivity index (χ1v) is 18.4. The van der Waals surface area contributed by atoms with Gasteiger partial charge in [0.15, 0.2) is 8.38 Å². The second-order valence-corrected chi connectivity index (χ2v) is 12.7. The van der Waals surface area contributed by atoms with E-state index in [1.54, 1.807) is 0 Å². The third-order valence-corrected chi connectivity index (χ3v) is 8.63. The first-order chi connectivity index (χ1) is 17.8. The van der Waals surface area contributed by atoms with Gasteiger partial charge >= 0.3 is 0 Å². The molecular weight excluding hydrogens is 459 g/mol. The van der Waals surface area contributed by atoms with Crippen molar-refractivity contribution in [2.45, 2.75) is 194 Å². The van der Waals surface area contributed by atoms with Crippen molar-refractivity contribution < 1.29 is 9.05 Å². The van der Waals surface area contributed by atoms with E-state index in [-0.39, 0.29) is 0 Å². The van der Waals surface area contributed by atoms with Gasteiger partial charge < -0.3 is 9.05 Å². The van der Waals surface area contributed by atoms with Crippen LogP contribution in [0.25, 0.3) is 0 Å². The van der Waals surface area contributed by atoms with E-state index in [0.717, 1.165) is 13.2 Å². The topological polar surface area (TPSA) is 18.5 Å². The second-order valence-electron chi connectivity index (χ2n) is 11.3. The third-order valence-electron chi connectivity index (χ3n) is 7.54. The molecule has 0 rings (SSSR count). The Morgan fingerprint density at radius 3 is 0.722 bits per heavy atom. The van der Waals surface area contributed by atoms with Crippen molar-refractivity contribution in [3.05, 3.63) is 0 Å². The van der Waals surface area contributed by atoms with E-state index in [0.29, 0.717) is 0 Å². The molecule has 0 aromatic carbocycles. The normalized spacial score (nSPS) is 11.7. The zero-order valence-corrected chi connectivity index (χ0v) is 26.4. The van der Waals surface area contributed by atoms with Crippen LogP contribution in [0.2, 0.25) is 0 Å². The van der Waals surface area contributed by atoms with Gasteiger partial charge in [-0.1, -0.05) is 181 Å². The maximum Gasteiger partial charge on any atom is 0.167 e. The van der Waals surface area contributed by atoms with Gasteiger partial charge in [0.05, 0.1) is 13.2 Å². The molecule has 0 radical (unpaired) electrons. The first-order valence-electron chi connectivity index (χ1n) is 16.8. The maximum absolute atomic E-state index is 5.91. The van der Waals surface area contributed by atoms with Crippen LogP contribution in [0, 0.1) is 0 Å². The Labute approximate surface area is 230 Å². The molecule has 0 N–H and O–H groups in total.